The van der Waals surface area contributed by atoms with Gasteiger partial charge < -0.3 is 15.2 Å². The van der Waals surface area contributed by atoms with Crippen LogP contribution in [-0.2, 0) is 33.5 Å². The highest BCUT2D eigenvalue weighted by atomic mass is 35.5. The molecule has 2 amide bonds. The van der Waals surface area contributed by atoms with Crippen LogP contribution in [0.25, 0.3) is 11.3 Å². The zero-order valence-corrected chi connectivity index (χ0v) is 29.2. The van der Waals surface area contributed by atoms with Gasteiger partial charge in [-0.25, -0.2) is 23.8 Å². The van der Waals surface area contributed by atoms with Crippen molar-refractivity contribution in [2.75, 3.05) is 45.2 Å². The van der Waals surface area contributed by atoms with Crippen molar-refractivity contribution in [2.24, 2.45) is 5.41 Å². The monoisotopic (exact) mass is 736 g/mol. The topological polar surface area (TPSA) is 111 Å². The predicted octanol–water partition coefficient (Wildman–Crippen LogP) is 6.41. The van der Waals surface area contributed by atoms with Crippen LogP contribution in [0.3, 0.4) is 0 Å². The van der Waals surface area contributed by atoms with E-state index in [1.807, 2.05) is 0 Å². The van der Waals surface area contributed by atoms with E-state index in [4.69, 9.17) is 16.3 Å². The zero-order valence-electron chi connectivity index (χ0n) is 28.5. The van der Waals surface area contributed by atoms with Crippen molar-refractivity contribution in [3.63, 3.8) is 0 Å². The summed E-state index contributed by atoms with van der Waals surface area (Å²) in [5, 5.41) is 16.5. The van der Waals surface area contributed by atoms with E-state index in [0.717, 1.165) is 18.1 Å². The van der Waals surface area contributed by atoms with Gasteiger partial charge in [0.15, 0.2) is 11.6 Å². The largest absolute Gasteiger partial charge is 0.509 e. The number of aromatic nitrogens is 2. The lowest BCUT2D eigenvalue weighted by Crippen LogP contribution is -2.59. The number of benzene rings is 2. The fourth-order valence-corrected chi connectivity index (χ4v) is 6.48. The Hall–Kier alpha value is -4.18. The number of carbonyl (C=O) groups is 2. The van der Waals surface area contributed by atoms with Crippen LogP contribution in [0.2, 0.25) is 5.02 Å². The van der Waals surface area contributed by atoms with Crippen molar-refractivity contribution in [1.82, 2.24) is 24.9 Å². The Bertz CT molecular complexity index is 1830. The standard InChI is InChI=1S/C35H38ClF5N6O4/c1-34(2,3)31-30(48)27(32(49)44-24-10-9-22(36)16-23(24)25-17-26(35(39,40)41)43-19-42-25)33(50)47(45(31)4)18-21-8-7-20(28(37)29(21)38)6-5-11-46-12-14-51-15-13-46/h7-10,16-17,19,31,48H,5-6,11-15,18H2,1-4H3,(H,44,49). The molecular formula is C35H38ClF5N6O4. The maximum absolute atomic E-state index is 15.6. The van der Waals surface area contributed by atoms with E-state index in [1.165, 1.54) is 42.4 Å². The molecule has 2 N–H and O–H groups in total. The fraction of sp³-hybridized carbons (Fsp3) is 0.429. The molecule has 0 saturated carbocycles. The summed E-state index contributed by atoms with van der Waals surface area (Å²) in [6.07, 6.45) is -3.16. The molecular weight excluding hydrogens is 699 g/mol. The van der Waals surface area contributed by atoms with Crippen molar-refractivity contribution in [1.29, 1.82) is 0 Å². The summed E-state index contributed by atoms with van der Waals surface area (Å²) < 4.78 is 76.5. The van der Waals surface area contributed by atoms with Crippen LogP contribution >= 0.6 is 11.6 Å². The normalized spacial score (nSPS) is 18.0. The highest BCUT2D eigenvalue weighted by Gasteiger charge is 2.46. The number of aliphatic hydroxyl groups is 1. The number of nitrogens with zero attached hydrogens (tertiary/aromatic N) is 5. The Kier molecular flexibility index (Phi) is 11.3. The van der Waals surface area contributed by atoms with Gasteiger partial charge in [0.1, 0.15) is 23.4 Å². The smallest absolute Gasteiger partial charge is 0.433 e. The zero-order chi connectivity index (χ0) is 37.2. The molecule has 1 aromatic heterocycles. The number of aryl methyl sites for hydroxylation is 1. The van der Waals surface area contributed by atoms with E-state index < -0.39 is 64.7 Å². The number of halogens is 6. The van der Waals surface area contributed by atoms with Crippen molar-refractivity contribution in [3.8, 4) is 11.3 Å². The van der Waals surface area contributed by atoms with Gasteiger partial charge >= 0.3 is 6.18 Å². The third-order valence-electron chi connectivity index (χ3n) is 8.82. The Morgan fingerprint density at radius 1 is 1.04 bits per heavy atom. The maximum Gasteiger partial charge on any atom is 0.433 e. The fourth-order valence-electron chi connectivity index (χ4n) is 6.31. The quantitative estimate of drug-likeness (QED) is 0.192. The van der Waals surface area contributed by atoms with Gasteiger partial charge in [-0.3, -0.25) is 19.5 Å². The minimum atomic E-state index is -4.78. The highest BCUT2D eigenvalue weighted by Crippen LogP contribution is 2.38. The van der Waals surface area contributed by atoms with Crippen LogP contribution < -0.4 is 5.32 Å². The number of amides is 2. The van der Waals surface area contributed by atoms with Crippen LogP contribution in [0.15, 0.2) is 54.1 Å². The highest BCUT2D eigenvalue weighted by molar-refractivity contribution is 6.31. The first-order valence-electron chi connectivity index (χ1n) is 16.2. The third-order valence-corrected chi connectivity index (χ3v) is 9.05. The van der Waals surface area contributed by atoms with Gasteiger partial charge in [-0.05, 0) is 54.6 Å². The number of alkyl halides is 3. The SMILES string of the molecule is CN1C(C(C)(C)C)C(O)=C(C(=O)Nc2ccc(Cl)cc2-c2cc(C(F)(F)F)ncn2)C(=O)N1Cc1ccc(CCCN2CCOCC2)c(F)c1F. The van der Waals surface area contributed by atoms with Gasteiger partial charge in [-0.15, -0.1) is 0 Å². The Morgan fingerprint density at radius 3 is 2.37 bits per heavy atom. The van der Waals surface area contributed by atoms with E-state index in [2.05, 4.69) is 20.2 Å². The lowest BCUT2D eigenvalue weighted by atomic mass is 9.82. The van der Waals surface area contributed by atoms with Crippen LogP contribution in [0.4, 0.5) is 27.6 Å². The third kappa shape index (κ3) is 8.49. The van der Waals surface area contributed by atoms with E-state index in [1.54, 1.807) is 20.8 Å². The first kappa shape index (κ1) is 38.1. The van der Waals surface area contributed by atoms with Crippen molar-refractivity contribution >= 4 is 29.1 Å². The number of aliphatic hydroxyl groups excluding tert-OH is 1. The number of morpholine rings is 1. The van der Waals surface area contributed by atoms with Gasteiger partial charge in [-0.2, -0.15) is 13.2 Å². The lowest BCUT2D eigenvalue weighted by Gasteiger charge is -2.46. The number of likely N-dealkylation sites (N-methyl/N-ethyl adjacent to an activating group) is 1. The molecule has 1 fully saturated rings. The van der Waals surface area contributed by atoms with Gasteiger partial charge in [0, 0.05) is 36.3 Å². The maximum atomic E-state index is 15.6. The molecule has 51 heavy (non-hydrogen) atoms. The number of anilines is 1. The van der Waals surface area contributed by atoms with Gasteiger partial charge in [-0.1, -0.05) is 44.5 Å². The number of rotatable bonds is 9. The van der Waals surface area contributed by atoms with E-state index in [0.29, 0.717) is 45.0 Å². The second kappa shape index (κ2) is 15.2. The molecule has 1 saturated heterocycles. The van der Waals surface area contributed by atoms with Crippen molar-refractivity contribution < 1.29 is 41.4 Å². The van der Waals surface area contributed by atoms with Gasteiger partial charge in [0.25, 0.3) is 11.8 Å². The summed E-state index contributed by atoms with van der Waals surface area (Å²) in [7, 11) is 1.48. The molecule has 0 aliphatic carbocycles. The molecule has 0 radical (unpaired) electrons. The molecule has 5 rings (SSSR count). The minimum Gasteiger partial charge on any atom is -0.509 e. The molecule has 3 aromatic rings. The van der Waals surface area contributed by atoms with E-state index in [-0.39, 0.29) is 33.1 Å². The van der Waals surface area contributed by atoms with Crippen LogP contribution in [0.1, 0.15) is 44.0 Å². The molecule has 0 spiro atoms. The van der Waals surface area contributed by atoms with Gasteiger partial charge in [0.2, 0.25) is 0 Å². The Balaban J connectivity index is 1.42. The second-order valence-corrected chi connectivity index (χ2v) is 13.9. The Morgan fingerprint density at radius 2 is 1.71 bits per heavy atom. The second-order valence-electron chi connectivity index (χ2n) is 13.5. The van der Waals surface area contributed by atoms with E-state index >= 15 is 8.78 Å². The number of nitrogens with one attached hydrogen (secondary N) is 1. The molecule has 2 aliphatic rings. The molecule has 3 heterocycles. The summed E-state index contributed by atoms with van der Waals surface area (Å²) in [5.41, 5.74) is -2.98. The van der Waals surface area contributed by atoms with Crippen LogP contribution in [0, 0.1) is 17.0 Å². The average Bonchev–Trinajstić information content (AvgIpc) is 3.06. The van der Waals surface area contributed by atoms with E-state index in [9.17, 15) is 27.9 Å². The average molecular weight is 737 g/mol. The summed E-state index contributed by atoms with van der Waals surface area (Å²) in [6, 6.07) is 6.52. The molecule has 10 nitrogen and oxygen atoms in total. The molecule has 2 aliphatic heterocycles. The molecule has 2 aromatic carbocycles. The molecule has 0 bridgehead atoms. The number of carbonyl (C=O) groups excluding carboxylic acids is 2. The predicted molar refractivity (Wildman–Crippen MR) is 179 cm³/mol. The number of ether oxygens (including phenoxy) is 1. The number of hydrogen-bond donors (Lipinski definition) is 2. The molecule has 16 heteroatoms. The lowest BCUT2D eigenvalue weighted by molar-refractivity contribution is -0.158. The first-order chi connectivity index (χ1) is 24.0. The number of hydrogen-bond acceptors (Lipinski definition) is 8. The number of hydrazine groups is 1. The summed E-state index contributed by atoms with van der Waals surface area (Å²) in [6.45, 7) is 8.31. The van der Waals surface area contributed by atoms with Gasteiger partial charge in [0.05, 0.1) is 37.2 Å². The Labute approximate surface area is 296 Å². The molecule has 1 unspecified atom stereocenters. The van der Waals surface area contributed by atoms with Crippen LogP contribution in [0.5, 0.6) is 0 Å². The summed E-state index contributed by atoms with van der Waals surface area (Å²) in [5.74, 6) is -4.85. The van der Waals surface area contributed by atoms with Crippen molar-refractivity contribution in [2.45, 2.75) is 52.4 Å². The summed E-state index contributed by atoms with van der Waals surface area (Å²) in [4.78, 5) is 37.2. The van der Waals surface area contributed by atoms with Crippen molar-refractivity contribution in [3.05, 3.63) is 87.5 Å². The minimum absolute atomic E-state index is 0.0176. The van der Waals surface area contributed by atoms with Crippen LogP contribution in [-0.4, -0.2) is 87.7 Å². The molecule has 274 valence electrons. The molecule has 1 atom stereocenters. The first-order valence-corrected chi connectivity index (χ1v) is 16.6. The summed E-state index contributed by atoms with van der Waals surface area (Å²) >= 11 is 6.14.